The summed E-state index contributed by atoms with van der Waals surface area (Å²) in [6, 6.07) is 12.7. The van der Waals surface area contributed by atoms with E-state index in [4.69, 9.17) is 17.9 Å². The van der Waals surface area contributed by atoms with E-state index in [9.17, 15) is 23.2 Å². The molecule has 0 aliphatic heterocycles. The Morgan fingerprint density at radius 3 is 2.61 bits per heavy atom. The van der Waals surface area contributed by atoms with Crippen LogP contribution in [0.4, 0.5) is 29.1 Å². The molecule has 1 aliphatic rings. The van der Waals surface area contributed by atoms with E-state index in [0.717, 1.165) is 30.0 Å². The third-order valence-corrected chi connectivity index (χ3v) is 7.94. The summed E-state index contributed by atoms with van der Waals surface area (Å²) in [6.45, 7) is 1.61. The number of carbonyl (C=O) groups is 1. The maximum absolute atomic E-state index is 15.2. The van der Waals surface area contributed by atoms with Crippen molar-refractivity contribution in [2.24, 2.45) is 11.7 Å². The molecule has 1 aliphatic carbocycles. The molecule has 1 unspecified atom stereocenters. The molecule has 1 amide bonds. The third kappa shape index (κ3) is 6.63. The molecule has 2 aromatic heterocycles. The van der Waals surface area contributed by atoms with Crippen LogP contribution in [0.2, 0.25) is 0 Å². The van der Waals surface area contributed by atoms with E-state index >= 15 is 4.39 Å². The molecule has 2 aromatic carbocycles. The third-order valence-electron chi connectivity index (χ3n) is 7.94. The lowest BCUT2D eigenvalue weighted by Gasteiger charge is -2.31. The predicted molar refractivity (Wildman–Crippen MR) is 167 cm³/mol. The maximum Gasteiger partial charge on any atom is 0.435 e. The number of fused-ring (bicyclic) bond motifs is 1. The highest BCUT2D eigenvalue weighted by Crippen LogP contribution is 2.41. The van der Waals surface area contributed by atoms with E-state index in [1.165, 1.54) is 36.5 Å². The van der Waals surface area contributed by atoms with Crippen LogP contribution >= 0.6 is 0 Å². The lowest BCUT2D eigenvalue weighted by Crippen LogP contribution is -2.39. The van der Waals surface area contributed by atoms with Crippen LogP contribution in [-0.4, -0.2) is 20.7 Å². The molecule has 1 atom stereocenters. The molecule has 8 nitrogen and oxygen atoms in total. The molecule has 0 bridgehead atoms. The number of nitrogens with two attached hydrogens (primary N) is 2. The molecular weight excluding hydrogens is 598 g/mol. The van der Waals surface area contributed by atoms with Gasteiger partial charge in [0.25, 0.3) is 5.91 Å². The second-order valence-corrected chi connectivity index (χ2v) is 11.2. The number of nitrogens with zero attached hydrogens (tertiary/aromatic N) is 4. The largest absolute Gasteiger partial charge is 0.435 e. The molecule has 4 aromatic rings. The molecule has 12 heteroatoms. The Bertz CT molecular complexity index is 1980. The highest BCUT2D eigenvalue weighted by Gasteiger charge is 2.37. The minimum atomic E-state index is -4.88. The number of anilines is 2. The average Bonchev–Trinajstić information content (AvgIpc) is 3.75. The number of alkyl halides is 3. The molecule has 0 spiro atoms. The number of benzene rings is 2. The first-order valence-corrected chi connectivity index (χ1v) is 14.3. The van der Waals surface area contributed by atoms with Crippen LogP contribution in [-0.2, 0) is 11.7 Å². The van der Waals surface area contributed by atoms with E-state index < -0.39 is 34.8 Å². The van der Waals surface area contributed by atoms with Crippen molar-refractivity contribution in [3.63, 3.8) is 0 Å². The number of amides is 1. The number of terminal acetylenes is 1. The van der Waals surface area contributed by atoms with Gasteiger partial charge in [-0.3, -0.25) is 4.79 Å². The smallest absolute Gasteiger partial charge is 0.383 e. The summed E-state index contributed by atoms with van der Waals surface area (Å²) in [6.07, 6.45) is 8.81. The van der Waals surface area contributed by atoms with Gasteiger partial charge in [-0.1, -0.05) is 30.9 Å². The average molecular weight is 628 g/mol. The van der Waals surface area contributed by atoms with Crippen molar-refractivity contribution in [2.45, 2.75) is 44.3 Å². The second kappa shape index (κ2) is 12.5. The van der Waals surface area contributed by atoms with Crippen molar-refractivity contribution >= 4 is 28.2 Å². The molecule has 0 radical (unpaired) electrons. The first-order valence-electron chi connectivity index (χ1n) is 14.3. The van der Waals surface area contributed by atoms with Gasteiger partial charge in [0.2, 0.25) is 0 Å². The van der Waals surface area contributed by atoms with Gasteiger partial charge < -0.3 is 16.8 Å². The number of carbonyl (C=O) groups excluding carboxylic acids is 1. The minimum absolute atomic E-state index is 0.104. The maximum atomic E-state index is 15.2. The van der Waals surface area contributed by atoms with Crippen LogP contribution < -0.4 is 16.8 Å². The van der Waals surface area contributed by atoms with E-state index in [0.29, 0.717) is 45.9 Å². The number of nitrogens with one attached hydrogen (secondary N) is 1. The van der Waals surface area contributed by atoms with Gasteiger partial charge >= 0.3 is 6.18 Å². The van der Waals surface area contributed by atoms with Gasteiger partial charge in [0.05, 0.1) is 23.0 Å². The minimum Gasteiger partial charge on any atom is -0.383 e. The first kappa shape index (κ1) is 31.9. The molecule has 2 heterocycles. The summed E-state index contributed by atoms with van der Waals surface area (Å²) in [5, 5.41) is 16.3. The molecule has 0 saturated heterocycles. The summed E-state index contributed by atoms with van der Waals surface area (Å²) in [7, 11) is 0. The zero-order valence-corrected chi connectivity index (χ0v) is 24.7. The van der Waals surface area contributed by atoms with E-state index in [2.05, 4.69) is 21.3 Å². The monoisotopic (exact) mass is 627 g/mol. The predicted octanol–water partition coefficient (Wildman–Crippen LogP) is 6.79. The van der Waals surface area contributed by atoms with Gasteiger partial charge in [0.1, 0.15) is 17.3 Å². The number of aromatic nitrogens is 3. The number of rotatable bonds is 9. The molecule has 1 saturated carbocycles. The van der Waals surface area contributed by atoms with Crippen molar-refractivity contribution in [3.05, 3.63) is 101 Å². The van der Waals surface area contributed by atoms with Gasteiger partial charge in [0.15, 0.2) is 5.69 Å². The Kier molecular flexibility index (Phi) is 8.68. The fourth-order valence-corrected chi connectivity index (χ4v) is 5.12. The highest BCUT2D eigenvalue weighted by molar-refractivity contribution is 6.04. The van der Waals surface area contributed by atoms with Crippen LogP contribution in [0.1, 0.15) is 54.4 Å². The Labute approximate surface area is 262 Å². The van der Waals surface area contributed by atoms with Crippen LogP contribution in [0, 0.1) is 35.4 Å². The van der Waals surface area contributed by atoms with Gasteiger partial charge in [-0.05, 0) is 79.1 Å². The lowest BCUT2D eigenvalue weighted by atomic mass is 9.78. The van der Waals surface area contributed by atoms with Gasteiger partial charge in [0, 0.05) is 28.8 Å². The van der Waals surface area contributed by atoms with Crippen LogP contribution in [0.3, 0.4) is 0 Å². The zero-order valence-electron chi connectivity index (χ0n) is 24.7. The highest BCUT2D eigenvalue weighted by atomic mass is 19.4. The summed E-state index contributed by atoms with van der Waals surface area (Å²) in [4.78, 5) is 17.6. The quantitative estimate of drug-likeness (QED) is 0.0810. The number of nitriles is 1. The van der Waals surface area contributed by atoms with Gasteiger partial charge in [-0.2, -0.15) is 23.5 Å². The standard InChI is InChI=1S/C34H29F4N7O/c1-3-23(8-4-20(2)19-39)33(41,14-12-21-5-6-21)24-9-11-27(35)28(16-24)43-32(46)29-18-30(34(36,37)38)44-45(29)25-10-7-22-13-15-42-31(40)26(22)17-25/h1,4,7-11,13,15-18,21H,5-6,12,14,41H2,2H3,(H2,40,42)(H,43,46)/b20-4+,23-8+. The van der Waals surface area contributed by atoms with Crippen molar-refractivity contribution in [1.82, 2.24) is 14.8 Å². The van der Waals surface area contributed by atoms with Crippen molar-refractivity contribution in [1.29, 1.82) is 5.26 Å². The molecular formula is C34H29F4N7O. The first-order chi connectivity index (χ1) is 21.8. The van der Waals surface area contributed by atoms with Crippen LogP contribution in [0.25, 0.3) is 16.5 Å². The number of pyridine rings is 1. The van der Waals surface area contributed by atoms with Crippen molar-refractivity contribution < 1.29 is 22.4 Å². The lowest BCUT2D eigenvalue weighted by molar-refractivity contribution is -0.141. The fraction of sp³-hybridized carbons (Fsp3) is 0.235. The molecule has 1 fully saturated rings. The van der Waals surface area contributed by atoms with Gasteiger partial charge in [-0.25, -0.2) is 14.1 Å². The Morgan fingerprint density at radius 1 is 1.17 bits per heavy atom. The van der Waals surface area contributed by atoms with Gasteiger partial charge in [-0.15, -0.1) is 6.42 Å². The molecule has 5 rings (SSSR count). The summed E-state index contributed by atoms with van der Waals surface area (Å²) in [5.74, 6) is 1.30. The SMILES string of the molecule is C#C/C(=C\C=C(/C)C#N)C(N)(CCC1CC1)c1ccc(F)c(NC(=O)c2cc(C(F)(F)F)nn2-c2ccc3ccnc(N)c3c2)c1. The summed E-state index contributed by atoms with van der Waals surface area (Å²) < 4.78 is 57.3. The zero-order chi connectivity index (χ0) is 33.2. The van der Waals surface area contributed by atoms with E-state index in [1.54, 1.807) is 25.1 Å². The normalized spacial score (nSPS) is 15.2. The Hall–Kier alpha value is -5.46. The summed E-state index contributed by atoms with van der Waals surface area (Å²) >= 11 is 0. The molecule has 46 heavy (non-hydrogen) atoms. The van der Waals surface area contributed by atoms with Crippen molar-refractivity contribution in [3.8, 4) is 24.1 Å². The molecule has 5 N–H and O–H groups in total. The van der Waals surface area contributed by atoms with E-state index in [-0.39, 0.29) is 17.2 Å². The molecule has 234 valence electrons. The van der Waals surface area contributed by atoms with Crippen molar-refractivity contribution in [2.75, 3.05) is 11.1 Å². The van der Waals surface area contributed by atoms with Crippen LogP contribution in [0.5, 0.6) is 0 Å². The summed E-state index contributed by atoms with van der Waals surface area (Å²) in [5.41, 5.74) is 10.7. The van der Waals surface area contributed by atoms with Crippen LogP contribution in [0.15, 0.2) is 78.0 Å². The Morgan fingerprint density at radius 2 is 1.93 bits per heavy atom. The Balaban J connectivity index is 1.55. The number of nitrogen functional groups attached to an aromatic ring is 1. The van der Waals surface area contributed by atoms with E-state index in [1.807, 2.05) is 6.07 Å². The fourth-order valence-electron chi connectivity index (χ4n) is 5.12. The number of hydrogen-bond acceptors (Lipinski definition) is 6. The second-order valence-electron chi connectivity index (χ2n) is 11.2. The topological polar surface area (TPSA) is 136 Å². The number of allylic oxidation sites excluding steroid dienone is 3. The number of halogens is 4. The number of hydrogen-bond donors (Lipinski definition) is 3.